The molecular formula is C25H34N7O2+. The third-order valence-electron chi connectivity index (χ3n) is 7.24. The molecule has 2 aromatic heterocycles. The van der Waals surface area contributed by atoms with Crippen LogP contribution in [0.5, 0.6) is 5.75 Å². The summed E-state index contributed by atoms with van der Waals surface area (Å²) in [6.45, 7) is 5.52. The maximum absolute atomic E-state index is 13.0. The average molecular weight is 465 g/mol. The molecule has 9 nitrogen and oxygen atoms in total. The highest BCUT2D eigenvalue weighted by atomic mass is 16.5. The molecule has 5 rings (SSSR count). The number of anilines is 1. The lowest BCUT2D eigenvalue weighted by molar-refractivity contribution is -0.568. The highest BCUT2D eigenvalue weighted by molar-refractivity contribution is 6.02. The van der Waals surface area contributed by atoms with Gasteiger partial charge in [0.2, 0.25) is 5.84 Å². The second kappa shape index (κ2) is 9.97. The van der Waals surface area contributed by atoms with Gasteiger partial charge in [0, 0.05) is 49.6 Å². The molecule has 0 radical (unpaired) electrons. The Bertz CT molecular complexity index is 1150. The molecule has 34 heavy (non-hydrogen) atoms. The van der Waals surface area contributed by atoms with Crippen LogP contribution in [-0.4, -0.2) is 65.1 Å². The number of pyridine rings is 2. The highest BCUT2D eigenvalue weighted by Gasteiger charge is 2.25. The SMILES string of the molecule is COc1cncc(C2=NN/[N+](=C(\C)n3ccc(N4CCC[C@@H](NCC5CCC5)C4)cc3=O)C2)c1. The van der Waals surface area contributed by atoms with Crippen LogP contribution in [0.15, 0.2) is 46.7 Å². The Morgan fingerprint density at radius 2 is 2.15 bits per heavy atom. The van der Waals surface area contributed by atoms with Gasteiger partial charge in [-0.1, -0.05) is 6.42 Å². The summed E-state index contributed by atoms with van der Waals surface area (Å²) in [4.78, 5) is 19.6. The number of hydrazone groups is 2. The van der Waals surface area contributed by atoms with Gasteiger partial charge in [-0.25, -0.2) is 4.57 Å². The Kier molecular flexibility index (Phi) is 6.62. The van der Waals surface area contributed by atoms with E-state index in [-0.39, 0.29) is 5.56 Å². The molecule has 1 aliphatic carbocycles. The number of nitrogens with zero attached hydrogens (tertiary/aromatic N) is 5. The van der Waals surface area contributed by atoms with Gasteiger partial charge in [0.05, 0.1) is 19.5 Å². The number of nitrogens with one attached hydrogen (secondary N) is 2. The summed E-state index contributed by atoms with van der Waals surface area (Å²) in [5, 5.41) is 8.18. The third-order valence-corrected chi connectivity index (χ3v) is 7.24. The summed E-state index contributed by atoms with van der Waals surface area (Å²) in [7, 11) is 1.62. The molecular weight excluding hydrogens is 430 g/mol. The summed E-state index contributed by atoms with van der Waals surface area (Å²) < 4.78 is 8.78. The lowest BCUT2D eigenvalue weighted by atomic mass is 9.85. The first-order valence-corrected chi connectivity index (χ1v) is 12.2. The van der Waals surface area contributed by atoms with Gasteiger partial charge in [-0.15, -0.1) is 5.53 Å². The van der Waals surface area contributed by atoms with Crippen molar-refractivity contribution >= 4 is 17.2 Å². The molecule has 0 spiro atoms. The maximum Gasteiger partial charge on any atom is 0.313 e. The van der Waals surface area contributed by atoms with Crippen molar-refractivity contribution in [3.8, 4) is 5.75 Å². The van der Waals surface area contributed by atoms with Crippen LogP contribution >= 0.6 is 0 Å². The highest BCUT2D eigenvalue weighted by Crippen LogP contribution is 2.26. The molecule has 1 saturated heterocycles. The van der Waals surface area contributed by atoms with Gasteiger partial charge in [0.1, 0.15) is 5.75 Å². The van der Waals surface area contributed by atoms with E-state index in [1.54, 1.807) is 30.1 Å². The third kappa shape index (κ3) is 4.84. The van der Waals surface area contributed by atoms with Crippen molar-refractivity contribution in [2.75, 3.05) is 38.2 Å². The Balaban J connectivity index is 1.26. The van der Waals surface area contributed by atoms with Crippen LogP contribution in [-0.2, 0) is 0 Å². The molecule has 4 heterocycles. The van der Waals surface area contributed by atoms with Crippen molar-refractivity contribution < 1.29 is 9.42 Å². The van der Waals surface area contributed by atoms with E-state index in [0.29, 0.717) is 18.3 Å². The first-order chi connectivity index (χ1) is 16.6. The number of hydrazine groups is 1. The van der Waals surface area contributed by atoms with Crippen molar-refractivity contribution in [2.45, 2.75) is 45.1 Å². The molecule has 0 amide bonds. The van der Waals surface area contributed by atoms with E-state index in [9.17, 15) is 4.79 Å². The summed E-state index contributed by atoms with van der Waals surface area (Å²) in [5.74, 6) is 2.32. The van der Waals surface area contributed by atoms with Gasteiger partial charge >= 0.3 is 5.56 Å². The van der Waals surface area contributed by atoms with Crippen LogP contribution in [0.1, 0.15) is 44.6 Å². The van der Waals surface area contributed by atoms with Crippen LogP contribution < -0.4 is 26.0 Å². The van der Waals surface area contributed by atoms with E-state index in [1.165, 1.54) is 25.7 Å². The van der Waals surface area contributed by atoms with Crippen LogP contribution in [0.3, 0.4) is 0 Å². The largest absolute Gasteiger partial charge is 0.495 e. The Labute approximate surface area is 200 Å². The summed E-state index contributed by atoms with van der Waals surface area (Å²) in [5.41, 5.74) is 5.70. The normalized spacial score (nSPS) is 22.1. The van der Waals surface area contributed by atoms with Gasteiger partial charge in [-0.05, 0) is 55.4 Å². The van der Waals surface area contributed by atoms with Crippen LogP contribution in [0.25, 0.3) is 0 Å². The fourth-order valence-electron chi connectivity index (χ4n) is 4.84. The molecule has 2 N–H and O–H groups in total. The van der Waals surface area contributed by atoms with E-state index in [2.05, 4.69) is 25.8 Å². The molecule has 0 bridgehead atoms. The predicted molar refractivity (Wildman–Crippen MR) is 133 cm³/mol. The molecule has 2 aromatic rings. The molecule has 180 valence electrons. The minimum Gasteiger partial charge on any atom is -0.495 e. The minimum atomic E-state index is -0.0437. The fraction of sp³-hybridized carbons (Fsp3) is 0.520. The molecule has 0 aromatic carbocycles. The predicted octanol–water partition coefficient (Wildman–Crippen LogP) is 1.81. The number of hydrogen-bond donors (Lipinski definition) is 2. The molecule has 2 aliphatic heterocycles. The van der Waals surface area contributed by atoms with Gasteiger partial charge in [0.15, 0.2) is 12.3 Å². The second-order valence-electron chi connectivity index (χ2n) is 9.49. The van der Waals surface area contributed by atoms with Crippen molar-refractivity contribution in [2.24, 2.45) is 11.0 Å². The average Bonchev–Trinajstić information content (AvgIpc) is 3.33. The van der Waals surface area contributed by atoms with E-state index in [0.717, 1.165) is 54.8 Å². The number of methoxy groups -OCH3 is 1. The quantitative estimate of drug-likeness (QED) is 0.501. The van der Waals surface area contributed by atoms with E-state index in [4.69, 9.17) is 4.74 Å². The number of piperidine rings is 1. The molecule has 1 saturated carbocycles. The molecule has 3 aliphatic rings. The standard InChI is InChI=1S/C25H34N7O2/c1-18(32-17-24(28-29-32)20-11-23(34-2)15-26-14-20)31-10-8-22(12-25(31)33)30-9-4-7-21(16-30)27-13-19-5-3-6-19/h8,10-12,14-15,19,21,27,29H,3-7,9,13,16-17H2,1-2H3/q+1/t21-/m1/s1. The lowest BCUT2D eigenvalue weighted by Crippen LogP contribution is -2.47. The van der Waals surface area contributed by atoms with E-state index in [1.807, 2.05) is 29.9 Å². The van der Waals surface area contributed by atoms with E-state index >= 15 is 0 Å². The summed E-state index contributed by atoms with van der Waals surface area (Å²) >= 11 is 0. The van der Waals surface area contributed by atoms with Crippen LogP contribution in [0.4, 0.5) is 5.69 Å². The summed E-state index contributed by atoms with van der Waals surface area (Å²) in [6, 6.07) is 6.20. The minimum absolute atomic E-state index is 0.0437. The van der Waals surface area contributed by atoms with Crippen LogP contribution in [0, 0.1) is 5.92 Å². The Hall–Kier alpha value is -3.20. The maximum atomic E-state index is 13.0. The zero-order valence-electron chi connectivity index (χ0n) is 20.0. The van der Waals surface area contributed by atoms with Crippen LogP contribution in [0.2, 0.25) is 0 Å². The number of hydrogen-bond acceptors (Lipinski definition) is 7. The smallest absolute Gasteiger partial charge is 0.313 e. The van der Waals surface area contributed by atoms with Gasteiger partial charge in [-0.2, -0.15) is 4.68 Å². The zero-order chi connectivity index (χ0) is 23.5. The van der Waals surface area contributed by atoms with Gasteiger partial charge in [0.25, 0.3) is 0 Å². The lowest BCUT2D eigenvalue weighted by Gasteiger charge is -2.36. The summed E-state index contributed by atoms with van der Waals surface area (Å²) in [6.07, 6.45) is 11.8. The fourth-order valence-corrected chi connectivity index (χ4v) is 4.84. The van der Waals surface area contributed by atoms with Crippen molar-refractivity contribution in [1.29, 1.82) is 0 Å². The Morgan fingerprint density at radius 1 is 1.26 bits per heavy atom. The molecule has 0 unspecified atom stereocenters. The number of rotatable bonds is 6. The number of ether oxygens (including phenoxy) is 1. The monoisotopic (exact) mass is 464 g/mol. The first kappa shape index (κ1) is 22.6. The number of aromatic nitrogens is 2. The van der Waals surface area contributed by atoms with Crippen molar-refractivity contribution in [1.82, 2.24) is 20.4 Å². The Morgan fingerprint density at radius 3 is 2.91 bits per heavy atom. The van der Waals surface area contributed by atoms with Crippen molar-refractivity contribution in [3.63, 3.8) is 0 Å². The van der Waals surface area contributed by atoms with E-state index < -0.39 is 0 Å². The first-order valence-electron chi connectivity index (χ1n) is 12.2. The van der Waals surface area contributed by atoms with Gasteiger partial charge in [-0.3, -0.25) is 9.78 Å². The molecule has 9 heteroatoms. The molecule has 2 fully saturated rings. The van der Waals surface area contributed by atoms with Crippen molar-refractivity contribution in [3.05, 3.63) is 52.7 Å². The second-order valence-corrected chi connectivity index (χ2v) is 9.49. The molecule has 1 atom stereocenters. The van der Waals surface area contributed by atoms with Gasteiger partial charge < -0.3 is 15.0 Å². The topological polar surface area (TPSA) is 86.8 Å². The zero-order valence-corrected chi connectivity index (χ0v) is 20.0.